The van der Waals surface area contributed by atoms with Gasteiger partial charge < -0.3 is 9.84 Å². The largest absolute Gasteiger partial charge is 0.478 e. The quantitative estimate of drug-likeness (QED) is 0.615. The van der Waals surface area contributed by atoms with Crippen molar-refractivity contribution in [3.8, 4) is 0 Å². The molecule has 0 radical (unpaired) electrons. The van der Waals surface area contributed by atoms with Crippen LogP contribution in [0.2, 0.25) is 5.02 Å². The SMILES string of the molecule is CC(C)OC(=O)C(Sc1cc(C(=O)O)c(F)cc1Cl)C(C)C. The Morgan fingerprint density at radius 1 is 1.27 bits per heavy atom. The Hall–Kier alpha value is -1.27. The topological polar surface area (TPSA) is 63.6 Å². The van der Waals surface area contributed by atoms with Gasteiger partial charge in [-0.15, -0.1) is 11.8 Å². The van der Waals surface area contributed by atoms with Crippen molar-refractivity contribution in [2.24, 2.45) is 5.92 Å². The van der Waals surface area contributed by atoms with Crippen LogP contribution >= 0.6 is 23.4 Å². The number of carboxylic acid groups (broad SMARTS) is 1. The van der Waals surface area contributed by atoms with E-state index in [0.717, 1.165) is 23.9 Å². The van der Waals surface area contributed by atoms with E-state index in [1.165, 1.54) is 0 Å². The van der Waals surface area contributed by atoms with Gasteiger partial charge in [-0.05, 0) is 31.9 Å². The lowest BCUT2D eigenvalue weighted by Crippen LogP contribution is -2.27. The van der Waals surface area contributed by atoms with Crippen molar-refractivity contribution < 1.29 is 23.8 Å². The molecule has 0 saturated carbocycles. The van der Waals surface area contributed by atoms with Gasteiger partial charge in [-0.2, -0.15) is 0 Å². The van der Waals surface area contributed by atoms with Gasteiger partial charge >= 0.3 is 11.9 Å². The number of halogens is 2. The Morgan fingerprint density at radius 2 is 1.86 bits per heavy atom. The van der Waals surface area contributed by atoms with Crippen LogP contribution in [0.1, 0.15) is 38.1 Å². The Labute approximate surface area is 138 Å². The first-order valence-electron chi connectivity index (χ1n) is 6.73. The summed E-state index contributed by atoms with van der Waals surface area (Å²) in [6.07, 6.45) is -0.257. The number of benzene rings is 1. The zero-order valence-corrected chi connectivity index (χ0v) is 14.3. The summed E-state index contributed by atoms with van der Waals surface area (Å²) < 4.78 is 18.7. The van der Waals surface area contributed by atoms with Gasteiger partial charge in [0.1, 0.15) is 11.1 Å². The average molecular weight is 349 g/mol. The zero-order chi connectivity index (χ0) is 17.0. The summed E-state index contributed by atoms with van der Waals surface area (Å²) in [6, 6.07) is 2.08. The van der Waals surface area contributed by atoms with Gasteiger partial charge in [0.05, 0.1) is 16.7 Å². The number of carboxylic acids is 1. The van der Waals surface area contributed by atoms with Crippen LogP contribution in [0, 0.1) is 11.7 Å². The summed E-state index contributed by atoms with van der Waals surface area (Å²) in [5.74, 6) is -2.77. The van der Waals surface area contributed by atoms with Gasteiger partial charge in [0.15, 0.2) is 0 Å². The van der Waals surface area contributed by atoms with Crippen molar-refractivity contribution in [3.63, 3.8) is 0 Å². The van der Waals surface area contributed by atoms with E-state index in [1.807, 2.05) is 13.8 Å². The summed E-state index contributed by atoms with van der Waals surface area (Å²) in [6.45, 7) is 7.17. The van der Waals surface area contributed by atoms with Crippen LogP contribution in [0.3, 0.4) is 0 Å². The van der Waals surface area contributed by atoms with E-state index in [-0.39, 0.29) is 17.0 Å². The molecule has 0 fully saturated rings. The number of hydrogen-bond donors (Lipinski definition) is 1. The third-order valence-corrected chi connectivity index (χ3v) is 4.70. The lowest BCUT2D eigenvalue weighted by molar-refractivity contribution is -0.147. The normalized spacial score (nSPS) is 12.5. The first-order chi connectivity index (χ1) is 10.1. The smallest absolute Gasteiger partial charge is 0.338 e. The van der Waals surface area contributed by atoms with Gasteiger partial charge in [-0.25, -0.2) is 9.18 Å². The molecule has 4 nitrogen and oxygen atoms in total. The number of rotatable bonds is 6. The highest BCUT2D eigenvalue weighted by Crippen LogP contribution is 2.35. The maximum absolute atomic E-state index is 13.5. The number of esters is 1. The molecule has 0 aliphatic rings. The number of ether oxygens (including phenoxy) is 1. The maximum atomic E-state index is 13.5. The molecule has 0 spiro atoms. The molecule has 1 aromatic rings. The molecule has 0 bridgehead atoms. The highest BCUT2D eigenvalue weighted by molar-refractivity contribution is 8.00. The minimum atomic E-state index is -1.39. The second-order valence-electron chi connectivity index (χ2n) is 5.34. The summed E-state index contributed by atoms with van der Waals surface area (Å²) in [4.78, 5) is 23.5. The van der Waals surface area contributed by atoms with Crippen LogP contribution in [-0.4, -0.2) is 28.4 Å². The fourth-order valence-electron chi connectivity index (χ4n) is 1.68. The Morgan fingerprint density at radius 3 is 2.32 bits per heavy atom. The van der Waals surface area contributed by atoms with Crippen molar-refractivity contribution in [3.05, 3.63) is 28.5 Å². The lowest BCUT2D eigenvalue weighted by atomic mass is 10.1. The molecule has 1 aromatic carbocycles. The first kappa shape index (κ1) is 18.8. The second kappa shape index (κ2) is 7.83. The van der Waals surface area contributed by atoms with Gasteiger partial charge in [0.25, 0.3) is 0 Å². The number of hydrogen-bond acceptors (Lipinski definition) is 4. The number of carbonyl (C=O) groups excluding carboxylic acids is 1. The summed E-state index contributed by atoms with van der Waals surface area (Å²) in [7, 11) is 0. The van der Waals surface area contributed by atoms with Crippen molar-refractivity contribution in [2.45, 2.75) is 43.9 Å². The van der Waals surface area contributed by atoms with Crippen molar-refractivity contribution in [2.75, 3.05) is 0 Å². The average Bonchev–Trinajstić information content (AvgIpc) is 2.35. The van der Waals surface area contributed by atoms with E-state index >= 15 is 0 Å². The molecule has 0 aliphatic carbocycles. The summed E-state index contributed by atoms with van der Waals surface area (Å²) >= 11 is 7.04. The van der Waals surface area contributed by atoms with Gasteiger partial charge in [0.2, 0.25) is 0 Å². The first-order valence-corrected chi connectivity index (χ1v) is 7.98. The van der Waals surface area contributed by atoms with Crippen LogP contribution in [-0.2, 0) is 9.53 Å². The van der Waals surface area contributed by atoms with Crippen molar-refractivity contribution in [1.29, 1.82) is 0 Å². The minimum absolute atomic E-state index is 0.0642. The number of aromatic carboxylic acids is 1. The Kier molecular flexibility index (Phi) is 6.68. The molecule has 0 saturated heterocycles. The molecule has 122 valence electrons. The predicted molar refractivity (Wildman–Crippen MR) is 84.1 cm³/mol. The van der Waals surface area contributed by atoms with Crippen molar-refractivity contribution >= 4 is 35.3 Å². The van der Waals surface area contributed by atoms with Crippen LogP contribution < -0.4 is 0 Å². The molecule has 0 aromatic heterocycles. The standard InChI is InChI=1S/C15H18ClFO4S/c1-7(2)13(15(20)21-8(3)4)22-12-5-9(14(18)19)11(17)6-10(12)16/h5-8,13H,1-4H3,(H,18,19). The minimum Gasteiger partial charge on any atom is -0.478 e. The van der Waals surface area contributed by atoms with Gasteiger partial charge in [-0.3, -0.25) is 4.79 Å². The highest BCUT2D eigenvalue weighted by atomic mass is 35.5. The fourth-order valence-corrected chi connectivity index (χ4v) is 3.01. The molecule has 7 heteroatoms. The van der Waals surface area contributed by atoms with E-state index < -0.39 is 28.6 Å². The number of carbonyl (C=O) groups is 2. The van der Waals surface area contributed by atoms with Crippen LogP contribution in [0.15, 0.2) is 17.0 Å². The predicted octanol–water partition coefficient (Wildman–Crippen LogP) is 4.25. The van der Waals surface area contributed by atoms with Crippen LogP contribution in [0.4, 0.5) is 4.39 Å². The highest BCUT2D eigenvalue weighted by Gasteiger charge is 2.27. The van der Waals surface area contributed by atoms with Crippen LogP contribution in [0.25, 0.3) is 0 Å². The maximum Gasteiger partial charge on any atom is 0.338 e. The molecule has 1 unspecified atom stereocenters. The molecule has 0 aliphatic heterocycles. The molecule has 1 N–H and O–H groups in total. The summed E-state index contributed by atoms with van der Waals surface area (Å²) in [5.41, 5.74) is -0.480. The van der Waals surface area contributed by atoms with Crippen molar-refractivity contribution in [1.82, 2.24) is 0 Å². The van der Waals surface area contributed by atoms with E-state index in [9.17, 15) is 14.0 Å². The second-order valence-corrected chi connectivity index (χ2v) is 6.93. The monoisotopic (exact) mass is 348 g/mol. The van der Waals surface area contributed by atoms with E-state index in [0.29, 0.717) is 4.90 Å². The summed E-state index contributed by atoms with van der Waals surface area (Å²) in [5, 5.41) is 8.47. The fraction of sp³-hybridized carbons (Fsp3) is 0.467. The molecule has 0 heterocycles. The molecule has 1 atom stereocenters. The van der Waals surface area contributed by atoms with Gasteiger partial charge in [0, 0.05) is 4.90 Å². The number of thioether (sulfide) groups is 1. The van der Waals surface area contributed by atoms with E-state index in [2.05, 4.69) is 0 Å². The van der Waals surface area contributed by atoms with E-state index in [4.69, 9.17) is 21.4 Å². The third-order valence-electron chi connectivity index (χ3n) is 2.70. The molecular formula is C15H18ClFO4S. The molecule has 22 heavy (non-hydrogen) atoms. The lowest BCUT2D eigenvalue weighted by Gasteiger charge is -2.21. The van der Waals surface area contributed by atoms with Crippen LogP contribution in [0.5, 0.6) is 0 Å². The van der Waals surface area contributed by atoms with Gasteiger partial charge in [-0.1, -0.05) is 25.4 Å². The molecule has 0 amide bonds. The Balaban J connectivity index is 3.11. The van der Waals surface area contributed by atoms with E-state index in [1.54, 1.807) is 13.8 Å². The third kappa shape index (κ3) is 4.88. The molecule has 1 rings (SSSR count). The zero-order valence-electron chi connectivity index (χ0n) is 12.7. The molecular weight excluding hydrogens is 331 g/mol. The Bertz CT molecular complexity index is 575.